The molecule has 2 amide bonds. The molecule has 1 fully saturated rings. The summed E-state index contributed by atoms with van der Waals surface area (Å²) in [6, 6.07) is 1.93. The zero-order chi connectivity index (χ0) is 16.1. The Bertz CT molecular complexity index is 510. The average molecular weight is 307 g/mol. The maximum atomic E-state index is 12.6. The minimum Gasteiger partial charge on any atom is -0.385 e. The summed E-state index contributed by atoms with van der Waals surface area (Å²) in [5, 5.41) is 3.01. The van der Waals surface area contributed by atoms with Gasteiger partial charge in [-0.1, -0.05) is 0 Å². The van der Waals surface area contributed by atoms with Crippen molar-refractivity contribution < 1.29 is 14.3 Å². The van der Waals surface area contributed by atoms with Crippen LogP contribution in [0.2, 0.25) is 0 Å². The molecule has 0 aromatic carbocycles. The number of amides is 2. The Balaban J connectivity index is 2.10. The monoisotopic (exact) mass is 307 g/mol. The Morgan fingerprint density at radius 2 is 2.27 bits per heavy atom. The van der Waals surface area contributed by atoms with E-state index in [1.165, 1.54) is 0 Å². The largest absolute Gasteiger partial charge is 0.385 e. The highest BCUT2D eigenvalue weighted by molar-refractivity contribution is 5.91. The van der Waals surface area contributed by atoms with Crippen molar-refractivity contribution in [2.45, 2.75) is 33.2 Å². The van der Waals surface area contributed by atoms with Crippen molar-refractivity contribution in [1.29, 1.82) is 0 Å². The zero-order valence-electron chi connectivity index (χ0n) is 13.8. The van der Waals surface area contributed by atoms with Crippen LogP contribution in [0.1, 0.15) is 23.4 Å². The first kappa shape index (κ1) is 16.7. The summed E-state index contributed by atoms with van der Waals surface area (Å²) in [6.07, 6.45) is 0.772. The normalized spacial score (nSPS) is 18.4. The fraction of sp³-hybridized carbons (Fsp3) is 0.625. The van der Waals surface area contributed by atoms with Crippen LogP contribution >= 0.6 is 0 Å². The summed E-state index contributed by atoms with van der Waals surface area (Å²) in [7, 11) is 1.67. The smallest absolute Gasteiger partial charge is 0.322 e. The van der Waals surface area contributed by atoms with Gasteiger partial charge in [-0.15, -0.1) is 0 Å². The lowest BCUT2D eigenvalue weighted by Gasteiger charge is -2.35. The van der Waals surface area contributed by atoms with Crippen molar-refractivity contribution in [2.75, 3.05) is 38.8 Å². The van der Waals surface area contributed by atoms with E-state index in [0.717, 1.165) is 29.1 Å². The van der Waals surface area contributed by atoms with E-state index in [4.69, 9.17) is 9.47 Å². The average Bonchev–Trinajstić information content (AvgIpc) is 2.48. The lowest BCUT2D eigenvalue weighted by molar-refractivity contribution is 0.00448. The number of carbonyl (C=O) groups is 1. The number of rotatable bonds is 4. The van der Waals surface area contributed by atoms with Crippen LogP contribution in [0.3, 0.4) is 0 Å². The third-order valence-electron chi connectivity index (χ3n) is 3.90. The molecule has 0 aliphatic carbocycles. The van der Waals surface area contributed by atoms with Crippen LogP contribution in [0.5, 0.6) is 0 Å². The summed E-state index contributed by atoms with van der Waals surface area (Å²) >= 11 is 0. The summed E-state index contributed by atoms with van der Waals surface area (Å²) < 4.78 is 10.6. The van der Waals surface area contributed by atoms with Crippen LogP contribution in [0.15, 0.2) is 6.07 Å². The molecular formula is C16H25N3O3. The fourth-order valence-corrected chi connectivity index (χ4v) is 2.81. The number of ether oxygens (including phenoxy) is 2. The Morgan fingerprint density at radius 1 is 1.50 bits per heavy atom. The predicted octanol–water partition coefficient (Wildman–Crippen LogP) is 2.28. The number of morpholine rings is 1. The van der Waals surface area contributed by atoms with E-state index in [-0.39, 0.29) is 12.1 Å². The third-order valence-corrected chi connectivity index (χ3v) is 3.90. The number of pyridine rings is 1. The topological polar surface area (TPSA) is 63.7 Å². The highest BCUT2D eigenvalue weighted by Gasteiger charge is 2.27. The predicted molar refractivity (Wildman–Crippen MR) is 85.3 cm³/mol. The molecule has 1 unspecified atom stereocenters. The number of aryl methyl sites for hydroxylation is 3. The molecule has 6 nitrogen and oxygen atoms in total. The van der Waals surface area contributed by atoms with Crippen LogP contribution in [-0.2, 0) is 9.47 Å². The molecule has 22 heavy (non-hydrogen) atoms. The van der Waals surface area contributed by atoms with E-state index in [0.29, 0.717) is 26.4 Å². The molecule has 6 heteroatoms. The van der Waals surface area contributed by atoms with Gasteiger partial charge in [0.25, 0.3) is 0 Å². The fourth-order valence-electron chi connectivity index (χ4n) is 2.81. The highest BCUT2D eigenvalue weighted by atomic mass is 16.5. The van der Waals surface area contributed by atoms with E-state index < -0.39 is 0 Å². The van der Waals surface area contributed by atoms with Crippen LogP contribution in [0.4, 0.5) is 10.5 Å². The van der Waals surface area contributed by atoms with Gasteiger partial charge in [0.2, 0.25) is 0 Å². The van der Waals surface area contributed by atoms with Gasteiger partial charge in [0, 0.05) is 26.0 Å². The first-order valence-corrected chi connectivity index (χ1v) is 7.62. The minimum absolute atomic E-state index is 0.0488. The number of urea groups is 1. The quantitative estimate of drug-likeness (QED) is 0.927. The number of carbonyl (C=O) groups excluding carboxylic acids is 1. The summed E-state index contributed by atoms with van der Waals surface area (Å²) in [5.74, 6) is 0. The van der Waals surface area contributed by atoms with E-state index in [2.05, 4.69) is 10.3 Å². The summed E-state index contributed by atoms with van der Waals surface area (Å²) in [4.78, 5) is 18.9. The van der Waals surface area contributed by atoms with Crippen molar-refractivity contribution in [3.63, 3.8) is 0 Å². The van der Waals surface area contributed by atoms with Gasteiger partial charge in [-0.25, -0.2) is 4.79 Å². The number of methoxy groups -OCH3 is 1. The molecule has 1 aliphatic rings. The molecule has 0 saturated carbocycles. The van der Waals surface area contributed by atoms with Gasteiger partial charge in [0.1, 0.15) is 0 Å². The first-order chi connectivity index (χ1) is 10.5. The SMILES string of the molecule is COCCC1COCCN1C(=O)Nc1c(C)cc(C)nc1C. The molecule has 1 aromatic heterocycles. The van der Waals surface area contributed by atoms with Gasteiger partial charge in [-0.2, -0.15) is 0 Å². The lowest BCUT2D eigenvalue weighted by Crippen LogP contribution is -2.50. The van der Waals surface area contributed by atoms with Crippen molar-refractivity contribution in [3.8, 4) is 0 Å². The summed E-state index contributed by atoms with van der Waals surface area (Å²) in [5.41, 5.74) is 3.62. The zero-order valence-corrected chi connectivity index (χ0v) is 13.8. The molecule has 2 rings (SSSR count). The number of nitrogens with one attached hydrogen (secondary N) is 1. The molecule has 0 spiro atoms. The molecule has 122 valence electrons. The van der Waals surface area contributed by atoms with Crippen molar-refractivity contribution in [1.82, 2.24) is 9.88 Å². The van der Waals surface area contributed by atoms with Gasteiger partial charge in [0.15, 0.2) is 0 Å². The summed E-state index contributed by atoms with van der Waals surface area (Å²) in [6.45, 7) is 8.19. The number of anilines is 1. The molecule has 1 N–H and O–H groups in total. The maximum Gasteiger partial charge on any atom is 0.322 e. The molecule has 1 aromatic rings. The van der Waals surface area contributed by atoms with Crippen LogP contribution in [0.25, 0.3) is 0 Å². The molecule has 0 bridgehead atoms. The number of hydrogen-bond donors (Lipinski definition) is 1. The van der Waals surface area contributed by atoms with Gasteiger partial charge < -0.3 is 19.7 Å². The second-order valence-corrected chi connectivity index (χ2v) is 5.67. The molecule has 1 atom stereocenters. The number of nitrogens with zero attached hydrogens (tertiary/aromatic N) is 2. The third kappa shape index (κ3) is 3.96. The van der Waals surface area contributed by atoms with Crippen molar-refractivity contribution >= 4 is 11.7 Å². The minimum atomic E-state index is -0.0961. The molecule has 1 aliphatic heterocycles. The van der Waals surface area contributed by atoms with Gasteiger partial charge in [0.05, 0.1) is 30.6 Å². The van der Waals surface area contributed by atoms with E-state index in [1.807, 2.05) is 31.7 Å². The van der Waals surface area contributed by atoms with Crippen molar-refractivity contribution in [2.24, 2.45) is 0 Å². The van der Waals surface area contributed by atoms with Crippen LogP contribution < -0.4 is 5.32 Å². The lowest BCUT2D eigenvalue weighted by atomic mass is 10.1. The van der Waals surface area contributed by atoms with E-state index >= 15 is 0 Å². The van der Waals surface area contributed by atoms with Gasteiger partial charge >= 0.3 is 6.03 Å². The number of hydrogen-bond acceptors (Lipinski definition) is 4. The first-order valence-electron chi connectivity index (χ1n) is 7.62. The Morgan fingerprint density at radius 3 is 2.95 bits per heavy atom. The Kier molecular flexibility index (Phi) is 5.74. The van der Waals surface area contributed by atoms with Crippen LogP contribution in [-0.4, -0.2) is 55.4 Å². The van der Waals surface area contributed by atoms with Gasteiger partial charge in [-0.05, 0) is 38.8 Å². The molecule has 0 radical (unpaired) electrons. The maximum absolute atomic E-state index is 12.6. The molecule has 1 saturated heterocycles. The second kappa shape index (κ2) is 7.56. The van der Waals surface area contributed by atoms with Crippen molar-refractivity contribution in [3.05, 3.63) is 23.0 Å². The standard InChI is InChI=1S/C16H25N3O3/c1-11-9-12(2)17-13(3)15(11)18-16(20)19-6-8-22-10-14(19)5-7-21-4/h9,14H,5-8,10H2,1-4H3,(H,18,20). The second-order valence-electron chi connectivity index (χ2n) is 5.67. The van der Waals surface area contributed by atoms with E-state index in [1.54, 1.807) is 7.11 Å². The highest BCUT2D eigenvalue weighted by Crippen LogP contribution is 2.21. The van der Waals surface area contributed by atoms with Crippen LogP contribution in [0, 0.1) is 20.8 Å². The van der Waals surface area contributed by atoms with Gasteiger partial charge in [-0.3, -0.25) is 4.98 Å². The number of aromatic nitrogens is 1. The molecule has 2 heterocycles. The Hall–Kier alpha value is -1.66. The molecular weight excluding hydrogens is 282 g/mol. The van der Waals surface area contributed by atoms with E-state index in [9.17, 15) is 4.79 Å². The Labute approximate surface area is 131 Å².